The summed E-state index contributed by atoms with van der Waals surface area (Å²) in [6, 6.07) is 6.42. The normalized spacial score (nSPS) is 15.8. The molecule has 20 heavy (non-hydrogen) atoms. The maximum absolute atomic E-state index is 12.1. The molecule has 110 valence electrons. The summed E-state index contributed by atoms with van der Waals surface area (Å²) in [5.41, 5.74) is 1.86. The van der Waals surface area contributed by atoms with Crippen LogP contribution in [-0.2, 0) is 0 Å². The Hall–Kier alpha value is -0.870. The lowest BCUT2D eigenvalue weighted by Gasteiger charge is -2.23. The molecule has 3 nitrogen and oxygen atoms in total. The van der Waals surface area contributed by atoms with E-state index in [-0.39, 0.29) is 5.91 Å². The van der Waals surface area contributed by atoms with Gasteiger partial charge in [0.25, 0.3) is 5.91 Å². The fourth-order valence-electron chi connectivity index (χ4n) is 2.71. The number of likely N-dealkylation sites (N-methyl/N-ethyl adjacent to an activating group) is 1. The smallest absolute Gasteiger partial charge is 0.251 e. The first-order valence-corrected chi connectivity index (χ1v) is 8.12. The predicted octanol–water partition coefficient (Wildman–Crippen LogP) is 3.36. The van der Waals surface area contributed by atoms with Crippen LogP contribution < -0.4 is 5.32 Å². The summed E-state index contributed by atoms with van der Waals surface area (Å²) in [6.45, 7) is 3.64. The Morgan fingerprint density at radius 1 is 1.40 bits per heavy atom. The fourth-order valence-corrected chi connectivity index (χ4v) is 3.09. The van der Waals surface area contributed by atoms with E-state index in [1.807, 2.05) is 25.1 Å². The second-order valence-electron chi connectivity index (χ2n) is 5.64. The van der Waals surface area contributed by atoms with Gasteiger partial charge in [-0.2, -0.15) is 0 Å². The molecule has 1 aliphatic carbocycles. The van der Waals surface area contributed by atoms with Gasteiger partial charge in [0.2, 0.25) is 0 Å². The molecular formula is C16H23BrN2O. The lowest BCUT2D eigenvalue weighted by molar-refractivity contribution is 0.0947. The van der Waals surface area contributed by atoms with Gasteiger partial charge in [-0.15, -0.1) is 0 Å². The van der Waals surface area contributed by atoms with Crippen LogP contribution in [0.15, 0.2) is 22.7 Å². The van der Waals surface area contributed by atoms with Gasteiger partial charge in [0, 0.05) is 29.2 Å². The Morgan fingerprint density at radius 3 is 2.75 bits per heavy atom. The van der Waals surface area contributed by atoms with Gasteiger partial charge in [0.1, 0.15) is 0 Å². The number of rotatable bonds is 5. The first-order chi connectivity index (χ1) is 9.58. The third-order valence-electron chi connectivity index (χ3n) is 4.13. The molecule has 0 aliphatic heterocycles. The number of carbonyl (C=O) groups excluding carboxylic acids is 1. The van der Waals surface area contributed by atoms with E-state index in [4.69, 9.17) is 0 Å². The van der Waals surface area contributed by atoms with Crippen molar-refractivity contribution in [3.05, 3.63) is 33.8 Å². The molecule has 0 spiro atoms. The van der Waals surface area contributed by atoms with Crippen LogP contribution in [0.3, 0.4) is 0 Å². The lowest BCUT2D eigenvalue weighted by Crippen LogP contribution is -2.37. The quantitative estimate of drug-likeness (QED) is 0.892. The van der Waals surface area contributed by atoms with Gasteiger partial charge in [0.15, 0.2) is 0 Å². The summed E-state index contributed by atoms with van der Waals surface area (Å²) in [5.74, 6) is 0.00511. The molecule has 0 saturated heterocycles. The van der Waals surface area contributed by atoms with Crippen LogP contribution in [0.1, 0.15) is 41.6 Å². The van der Waals surface area contributed by atoms with E-state index in [0.717, 1.165) is 16.6 Å². The van der Waals surface area contributed by atoms with Crippen molar-refractivity contribution < 1.29 is 4.79 Å². The van der Waals surface area contributed by atoms with Crippen molar-refractivity contribution in [2.75, 3.05) is 20.1 Å². The summed E-state index contributed by atoms with van der Waals surface area (Å²) >= 11 is 3.46. The van der Waals surface area contributed by atoms with Crippen LogP contribution in [-0.4, -0.2) is 37.0 Å². The Kier molecular flexibility index (Phi) is 5.61. The van der Waals surface area contributed by atoms with Crippen LogP contribution in [0.2, 0.25) is 0 Å². The number of nitrogens with zero attached hydrogens (tertiary/aromatic N) is 1. The largest absolute Gasteiger partial charge is 0.351 e. The summed E-state index contributed by atoms with van der Waals surface area (Å²) in [6.07, 6.45) is 5.29. The summed E-state index contributed by atoms with van der Waals surface area (Å²) in [4.78, 5) is 14.4. The first-order valence-electron chi connectivity index (χ1n) is 7.32. The highest BCUT2D eigenvalue weighted by molar-refractivity contribution is 9.10. The monoisotopic (exact) mass is 338 g/mol. The molecule has 1 saturated carbocycles. The molecule has 1 aromatic carbocycles. The molecule has 1 aliphatic rings. The summed E-state index contributed by atoms with van der Waals surface area (Å²) in [7, 11) is 2.16. The van der Waals surface area contributed by atoms with E-state index in [2.05, 4.69) is 33.2 Å². The van der Waals surface area contributed by atoms with Crippen LogP contribution in [0, 0.1) is 6.92 Å². The molecular weight excluding hydrogens is 316 g/mol. The standard InChI is InChI=1S/C16H23BrN2O/c1-12-7-8-13(11-15(12)17)16(20)18-9-10-19(2)14-5-3-4-6-14/h7-8,11,14H,3-6,9-10H2,1-2H3,(H,18,20). The number of halogens is 1. The van der Waals surface area contributed by atoms with Crippen molar-refractivity contribution in [3.8, 4) is 0 Å². The number of amides is 1. The maximum atomic E-state index is 12.1. The van der Waals surface area contributed by atoms with Crippen molar-refractivity contribution in [2.24, 2.45) is 0 Å². The third kappa shape index (κ3) is 4.06. The summed E-state index contributed by atoms with van der Waals surface area (Å²) in [5, 5.41) is 3.00. The van der Waals surface area contributed by atoms with Gasteiger partial charge >= 0.3 is 0 Å². The molecule has 0 unspecified atom stereocenters. The minimum absolute atomic E-state index is 0.00511. The molecule has 1 amide bonds. The van der Waals surface area contributed by atoms with Crippen molar-refractivity contribution >= 4 is 21.8 Å². The number of benzene rings is 1. The zero-order chi connectivity index (χ0) is 14.5. The van der Waals surface area contributed by atoms with E-state index in [1.54, 1.807) is 0 Å². The molecule has 0 radical (unpaired) electrons. The van der Waals surface area contributed by atoms with Gasteiger partial charge in [-0.3, -0.25) is 4.79 Å². The van der Waals surface area contributed by atoms with E-state index >= 15 is 0 Å². The molecule has 1 aromatic rings. The van der Waals surface area contributed by atoms with E-state index < -0.39 is 0 Å². The Bertz CT molecular complexity index is 470. The van der Waals surface area contributed by atoms with Crippen molar-refractivity contribution in [2.45, 2.75) is 38.6 Å². The second-order valence-corrected chi connectivity index (χ2v) is 6.49. The molecule has 4 heteroatoms. The minimum Gasteiger partial charge on any atom is -0.351 e. The Morgan fingerprint density at radius 2 is 2.10 bits per heavy atom. The van der Waals surface area contributed by atoms with Crippen molar-refractivity contribution in [1.82, 2.24) is 10.2 Å². The minimum atomic E-state index is 0.00511. The van der Waals surface area contributed by atoms with E-state index in [1.165, 1.54) is 25.7 Å². The highest BCUT2D eigenvalue weighted by atomic mass is 79.9. The Labute approximate surface area is 129 Å². The summed E-state index contributed by atoms with van der Waals surface area (Å²) < 4.78 is 0.980. The molecule has 1 N–H and O–H groups in total. The molecule has 0 bridgehead atoms. The van der Waals surface area contributed by atoms with Gasteiger partial charge in [-0.05, 0) is 44.5 Å². The maximum Gasteiger partial charge on any atom is 0.251 e. The zero-order valence-corrected chi connectivity index (χ0v) is 13.9. The number of carbonyl (C=O) groups is 1. The molecule has 2 rings (SSSR count). The SMILES string of the molecule is Cc1ccc(C(=O)NCCN(C)C2CCCC2)cc1Br. The van der Waals surface area contributed by atoms with Crippen LogP contribution >= 0.6 is 15.9 Å². The fraction of sp³-hybridized carbons (Fsp3) is 0.562. The topological polar surface area (TPSA) is 32.3 Å². The predicted molar refractivity (Wildman–Crippen MR) is 86.1 cm³/mol. The van der Waals surface area contributed by atoms with Crippen molar-refractivity contribution in [1.29, 1.82) is 0 Å². The van der Waals surface area contributed by atoms with E-state index in [9.17, 15) is 4.79 Å². The van der Waals surface area contributed by atoms with Gasteiger partial charge in [0.05, 0.1) is 0 Å². The van der Waals surface area contributed by atoms with Gasteiger partial charge in [-0.25, -0.2) is 0 Å². The Balaban J connectivity index is 1.78. The van der Waals surface area contributed by atoms with Crippen LogP contribution in [0.25, 0.3) is 0 Å². The highest BCUT2D eigenvalue weighted by Gasteiger charge is 2.19. The van der Waals surface area contributed by atoms with Crippen LogP contribution in [0.5, 0.6) is 0 Å². The number of nitrogens with one attached hydrogen (secondary N) is 1. The molecule has 0 heterocycles. The average Bonchev–Trinajstić information content (AvgIpc) is 2.95. The lowest BCUT2D eigenvalue weighted by atomic mass is 10.1. The van der Waals surface area contributed by atoms with Gasteiger partial charge < -0.3 is 10.2 Å². The first kappa shape index (κ1) is 15.5. The number of aryl methyl sites for hydroxylation is 1. The van der Waals surface area contributed by atoms with Crippen LogP contribution in [0.4, 0.5) is 0 Å². The molecule has 0 atom stereocenters. The zero-order valence-electron chi connectivity index (χ0n) is 12.3. The highest BCUT2D eigenvalue weighted by Crippen LogP contribution is 2.22. The van der Waals surface area contributed by atoms with Gasteiger partial charge in [-0.1, -0.05) is 34.8 Å². The number of hydrogen-bond donors (Lipinski definition) is 1. The van der Waals surface area contributed by atoms with E-state index in [0.29, 0.717) is 18.2 Å². The number of hydrogen-bond acceptors (Lipinski definition) is 2. The third-order valence-corrected chi connectivity index (χ3v) is 4.99. The average molecular weight is 339 g/mol. The van der Waals surface area contributed by atoms with Crippen molar-refractivity contribution in [3.63, 3.8) is 0 Å². The second kappa shape index (κ2) is 7.23. The molecule has 1 fully saturated rings. The molecule has 0 aromatic heterocycles.